The molecule has 0 unspecified atom stereocenters. The van der Waals surface area contributed by atoms with Gasteiger partial charge in [0.1, 0.15) is 0 Å². The summed E-state index contributed by atoms with van der Waals surface area (Å²) in [6, 6.07) is 83.0. The van der Waals surface area contributed by atoms with E-state index in [-0.39, 0.29) is 5.41 Å². The third kappa shape index (κ3) is 6.58. The second-order valence-electron chi connectivity index (χ2n) is 16.7. The minimum atomic E-state index is 0.0875. The first kappa shape index (κ1) is 36.8. The van der Waals surface area contributed by atoms with Gasteiger partial charge in [-0.1, -0.05) is 207 Å². The number of hydrogen-bond donors (Lipinski definition) is 0. The van der Waals surface area contributed by atoms with Crippen molar-refractivity contribution in [1.29, 1.82) is 0 Å². The molecular weight excluding hydrogens is 735 g/mol. The van der Waals surface area contributed by atoms with Crippen LogP contribution in [-0.4, -0.2) is 0 Å². The van der Waals surface area contributed by atoms with Crippen LogP contribution in [0.15, 0.2) is 224 Å². The fourth-order valence-electron chi connectivity index (χ4n) is 10.5. The standard InChI is InChI=1S/C60H47N/c1-5-21-43(22-6-1)46-39-47(44-23-7-2-8-24-44)41-49(40-46)61(48-35-36-58-56(42-48)54-31-15-17-33-57(54)60(58)37-19-4-20-38-60)59-34-18-16-32-55(59)53-30-14-13-29-52(53)51-28-12-11-27-50(51)45-25-9-3-10-26-45/h1-3,5-18,21-36,39-42H,4,19-20,37-38H2. The van der Waals surface area contributed by atoms with Crippen LogP contribution < -0.4 is 4.90 Å². The lowest BCUT2D eigenvalue weighted by Crippen LogP contribution is -2.28. The number of anilines is 3. The van der Waals surface area contributed by atoms with Crippen LogP contribution in [-0.2, 0) is 5.41 Å². The van der Waals surface area contributed by atoms with E-state index in [1.807, 2.05) is 0 Å². The van der Waals surface area contributed by atoms with Gasteiger partial charge in [0.2, 0.25) is 0 Å². The molecule has 0 atom stereocenters. The zero-order valence-electron chi connectivity index (χ0n) is 34.3. The second kappa shape index (κ2) is 15.8. The number of nitrogens with zero attached hydrogens (tertiary/aromatic N) is 1. The first-order valence-electron chi connectivity index (χ1n) is 21.9. The molecule has 0 heterocycles. The van der Waals surface area contributed by atoms with Crippen molar-refractivity contribution in [2.75, 3.05) is 4.90 Å². The van der Waals surface area contributed by atoms with Crippen LogP contribution in [0.1, 0.15) is 43.2 Å². The van der Waals surface area contributed by atoms with E-state index in [4.69, 9.17) is 0 Å². The third-order valence-corrected chi connectivity index (χ3v) is 13.3. The van der Waals surface area contributed by atoms with Crippen molar-refractivity contribution in [2.45, 2.75) is 37.5 Å². The smallest absolute Gasteiger partial charge is 0.0540 e. The largest absolute Gasteiger partial charge is 0.310 e. The third-order valence-electron chi connectivity index (χ3n) is 13.3. The molecule has 1 spiro atoms. The summed E-state index contributed by atoms with van der Waals surface area (Å²) in [4.78, 5) is 2.53. The number of benzene rings is 9. The van der Waals surface area contributed by atoms with E-state index in [0.717, 1.165) is 17.1 Å². The van der Waals surface area contributed by atoms with Gasteiger partial charge in [-0.3, -0.25) is 0 Å². The number of rotatable bonds is 8. The highest BCUT2D eigenvalue weighted by Crippen LogP contribution is 2.57. The van der Waals surface area contributed by atoms with E-state index in [2.05, 4.69) is 229 Å². The molecule has 9 aromatic carbocycles. The monoisotopic (exact) mass is 781 g/mol. The lowest BCUT2D eigenvalue weighted by atomic mass is 9.68. The molecule has 0 saturated heterocycles. The molecular formula is C60H47N. The summed E-state index contributed by atoms with van der Waals surface area (Å²) in [5, 5.41) is 0. The number of hydrogen-bond acceptors (Lipinski definition) is 1. The van der Waals surface area contributed by atoms with Crippen molar-refractivity contribution in [2.24, 2.45) is 0 Å². The fraction of sp³-hybridized carbons (Fsp3) is 0.100. The minimum Gasteiger partial charge on any atom is -0.310 e. The van der Waals surface area contributed by atoms with Crippen LogP contribution in [0.3, 0.4) is 0 Å². The maximum Gasteiger partial charge on any atom is 0.0540 e. The van der Waals surface area contributed by atoms with Crippen molar-refractivity contribution in [1.82, 2.24) is 0 Å². The molecule has 0 aromatic heterocycles. The highest BCUT2D eigenvalue weighted by Gasteiger charge is 2.43. The Bertz CT molecular complexity index is 2940. The zero-order chi connectivity index (χ0) is 40.6. The van der Waals surface area contributed by atoms with Crippen molar-refractivity contribution >= 4 is 17.1 Å². The summed E-state index contributed by atoms with van der Waals surface area (Å²) in [6.07, 6.45) is 6.29. The molecule has 1 fully saturated rings. The van der Waals surface area contributed by atoms with E-state index in [1.165, 1.54) is 110 Å². The van der Waals surface area contributed by atoms with Gasteiger partial charge in [-0.25, -0.2) is 0 Å². The summed E-state index contributed by atoms with van der Waals surface area (Å²) in [5.74, 6) is 0. The minimum absolute atomic E-state index is 0.0875. The average molecular weight is 782 g/mol. The van der Waals surface area contributed by atoms with Gasteiger partial charge < -0.3 is 4.90 Å². The first-order chi connectivity index (χ1) is 30.2. The van der Waals surface area contributed by atoms with Crippen LogP contribution in [0.4, 0.5) is 17.1 Å². The van der Waals surface area contributed by atoms with Crippen LogP contribution in [0.25, 0.3) is 66.8 Å². The van der Waals surface area contributed by atoms with Gasteiger partial charge in [0.05, 0.1) is 5.69 Å². The van der Waals surface area contributed by atoms with Gasteiger partial charge in [-0.05, 0) is 122 Å². The van der Waals surface area contributed by atoms with Gasteiger partial charge in [-0.2, -0.15) is 0 Å². The van der Waals surface area contributed by atoms with Gasteiger partial charge >= 0.3 is 0 Å². The lowest BCUT2D eigenvalue weighted by Gasteiger charge is -2.36. The molecule has 1 heteroatoms. The molecule has 1 saturated carbocycles. The molecule has 11 rings (SSSR count). The van der Waals surface area contributed by atoms with Crippen molar-refractivity contribution in [3.8, 4) is 66.8 Å². The van der Waals surface area contributed by atoms with E-state index >= 15 is 0 Å². The van der Waals surface area contributed by atoms with Crippen molar-refractivity contribution in [3.05, 3.63) is 236 Å². The van der Waals surface area contributed by atoms with E-state index in [0.29, 0.717) is 0 Å². The Hall–Kier alpha value is -7.22. The number of para-hydroxylation sites is 1. The molecule has 0 radical (unpaired) electrons. The molecule has 0 bridgehead atoms. The zero-order valence-corrected chi connectivity index (χ0v) is 34.3. The topological polar surface area (TPSA) is 3.24 Å². The van der Waals surface area contributed by atoms with Gasteiger partial charge in [0.15, 0.2) is 0 Å². The van der Waals surface area contributed by atoms with E-state index in [1.54, 1.807) is 0 Å². The Labute approximate surface area is 360 Å². The Morgan fingerprint density at radius 2 is 0.738 bits per heavy atom. The summed E-state index contributed by atoms with van der Waals surface area (Å²) in [6.45, 7) is 0. The van der Waals surface area contributed by atoms with E-state index < -0.39 is 0 Å². The summed E-state index contributed by atoms with van der Waals surface area (Å²) < 4.78 is 0. The van der Waals surface area contributed by atoms with Gasteiger partial charge in [0, 0.05) is 22.4 Å². The van der Waals surface area contributed by atoms with Crippen LogP contribution in [0.5, 0.6) is 0 Å². The molecule has 292 valence electrons. The Morgan fingerprint density at radius 1 is 0.279 bits per heavy atom. The van der Waals surface area contributed by atoms with Crippen LogP contribution in [0, 0.1) is 0 Å². The average Bonchev–Trinajstić information content (AvgIpc) is 3.60. The molecule has 1 nitrogen and oxygen atoms in total. The van der Waals surface area contributed by atoms with Gasteiger partial charge in [0.25, 0.3) is 0 Å². The molecule has 0 N–H and O–H groups in total. The number of fused-ring (bicyclic) bond motifs is 5. The fourth-order valence-corrected chi connectivity index (χ4v) is 10.5. The van der Waals surface area contributed by atoms with E-state index in [9.17, 15) is 0 Å². The summed E-state index contributed by atoms with van der Waals surface area (Å²) in [5.41, 5.74) is 21.3. The first-order valence-corrected chi connectivity index (χ1v) is 21.9. The molecule has 0 amide bonds. The predicted octanol–water partition coefficient (Wildman–Crippen LogP) is 16.7. The normalized spacial score (nSPS) is 13.7. The van der Waals surface area contributed by atoms with Gasteiger partial charge in [-0.15, -0.1) is 0 Å². The molecule has 9 aromatic rings. The second-order valence-corrected chi connectivity index (χ2v) is 16.7. The quantitative estimate of drug-likeness (QED) is 0.148. The summed E-state index contributed by atoms with van der Waals surface area (Å²) in [7, 11) is 0. The molecule has 2 aliphatic rings. The Morgan fingerprint density at radius 3 is 1.36 bits per heavy atom. The maximum absolute atomic E-state index is 2.53. The Balaban J connectivity index is 1.17. The molecule has 0 aliphatic heterocycles. The maximum atomic E-state index is 2.53. The predicted molar refractivity (Wildman–Crippen MR) is 258 cm³/mol. The summed E-state index contributed by atoms with van der Waals surface area (Å²) >= 11 is 0. The van der Waals surface area contributed by atoms with Crippen LogP contribution in [0.2, 0.25) is 0 Å². The van der Waals surface area contributed by atoms with Crippen LogP contribution >= 0.6 is 0 Å². The highest BCUT2D eigenvalue weighted by atomic mass is 15.1. The molecule has 2 aliphatic carbocycles. The highest BCUT2D eigenvalue weighted by molar-refractivity contribution is 5.98. The SMILES string of the molecule is c1ccc(-c2cc(-c3ccccc3)cc(N(c3ccc4c(c3)-c3ccccc3C43CCCCC3)c3ccccc3-c3ccccc3-c3ccccc3-c3ccccc3)c2)cc1. The lowest BCUT2D eigenvalue weighted by molar-refractivity contribution is 0.353. The molecule has 61 heavy (non-hydrogen) atoms. The van der Waals surface area contributed by atoms with Crippen molar-refractivity contribution < 1.29 is 0 Å². The Kier molecular flexibility index (Phi) is 9.51. The van der Waals surface area contributed by atoms with Crippen molar-refractivity contribution in [3.63, 3.8) is 0 Å².